The summed E-state index contributed by atoms with van der Waals surface area (Å²) in [5.74, 6) is 1.46. The zero-order valence-corrected chi connectivity index (χ0v) is 13.1. The van der Waals surface area contributed by atoms with Crippen LogP contribution in [0.25, 0.3) is 0 Å². The Morgan fingerprint density at radius 1 is 1.48 bits per heavy atom. The molecule has 0 unspecified atom stereocenters. The minimum absolute atomic E-state index is 0.0559. The lowest BCUT2D eigenvalue weighted by atomic mass is 9.78. The number of hydrazone groups is 1. The van der Waals surface area contributed by atoms with Crippen molar-refractivity contribution < 1.29 is 9.21 Å². The van der Waals surface area contributed by atoms with Crippen LogP contribution in [0.2, 0.25) is 0 Å². The van der Waals surface area contributed by atoms with Crippen molar-refractivity contribution in [3.63, 3.8) is 0 Å². The Bertz CT molecular complexity index is 552. The van der Waals surface area contributed by atoms with Gasteiger partial charge in [-0.25, -0.2) is 5.01 Å². The topological polar surface area (TPSA) is 49.1 Å². The Labute approximate surface area is 125 Å². The number of hydrogen-bond acceptors (Lipinski definition) is 4. The number of piperidine rings is 1. The van der Waals surface area contributed by atoms with Crippen LogP contribution in [0.15, 0.2) is 27.9 Å². The van der Waals surface area contributed by atoms with Gasteiger partial charge in [-0.2, -0.15) is 5.10 Å². The molecule has 0 aliphatic carbocycles. The Balaban J connectivity index is 2.04. The molecule has 21 heavy (non-hydrogen) atoms. The standard InChI is InChI=1S/C16H23N3O2/c1-5-13(20)19-16(12-7-6-8-21-12)14-11(3)18(4)9-10(2)15(14)17-19/h6-8,10-11,14,16H,5,9H2,1-4H3/t10-,11-,14-,16-/m1/s1. The lowest BCUT2D eigenvalue weighted by molar-refractivity contribution is -0.133. The van der Waals surface area contributed by atoms with Crippen LogP contribution in [-0.4, -0.2) is 41.2 Å². The van der Waals surface area contributed by atoms with Gasteiger partial charge in [-0.05, 0) is 26.1 Å². The van der Waals surface area contributed by atoms with Gasteiger partial charge in [0.1, 0.15) is 11.8 Å². The number of fused-ring (bicyclic) bond motifs is 1. The van der Waals surface area contributed by atoms with Gasteiger partial charge >= 0.3 is 0 Å². The van der Waals surface area contributed by atoms with Crippen LogP contribution in [0.5, 0.6) is 0 Å². The summed E-state index contributed by atoms with van der Waals surface area (Å²) in [4.78, 5) is 14.7. The summed E-state index contributed by atoms with van der Waals surface area (Å²) in [6.45, 7) is 7.26. The third kappa shape index (κ3) is 2.20. The molecular weight excluding hydrogens is 266 g/mol. The van der Waals surface area contributed by atoms with E-state index in [4.69, 9.17) is 9.52 Å². The molecule has 114 valence electrons. The van der Waals surface area contributed by atoms with Crippen molar-refractivity contribution in [1.29, 1.82) is 0 Å². The van der Waals surface area contributed by atoms with Crippen molar-refractivity contribution in [1.82, 2.24) is 9.91 Å². The number of hydrogen-bond donors (Lipinski definition) is 0. The molecule has 5 heteroatoms. The minimum atomic E-state index is -0.109. The fourth-order valence-corrected chi connectivity index (χ4v) is 3.60. The summed E-state index contributed by atoms with van der Waals surface area (Å²) < 4.78 is 5.62. The smallest absolute Gasteiger partial charge is 0.243 e. The molecule has 1 fully saturated rings. The largest absolute Gasteiger partial charge is 0.467 e. The molecule has 0 radical (unpaired) electrons. The van der Waals surface area contributed by atoms with Crippen LogP contribution in [0.4, 0.5) is 0 Å². The first-order valence-electron chi connectivity index (χ1n) is 7.68. The fourth-order valence-electron chi connectivity index (χ4n) is 3.60. The molecule has 5 nitrogen and oxygen atoms in total. The molecule has 3 heterocycles. The van der Waals surface area contributed by atoms with Gasteiger partial charge < -0.3 is 9.32 Å². The lowest BCUT2D eigenvalue weighted by Gasteiger charge is -2.40. The van der Waals surface area contributed by atoms with E-state index in [1.807, 2.05) is 19.1 Å². The summed E-state index contributed by atoms with van der Waals surface area (Å²) in [5.41, 5.74) is 1.14. The van der Waals surface area contributed by atoms with Gasteiger partial charge in [0, 0.05) is 36.6 Å². The van der Waals surface area contributed by atoms with Crippen molar-refractivity contribution in [2.24, 2.45) is 16.9 Å². The Hall–Kier alpha value is -1.62. The fraction of sp³-hybridized carbons (Fsp3) is 0.625. The Kier molecular flexibility index (Phi) is 3.61. The molecule has 0 N–H and O–H groups in total. The monoisotopic (exact) mass is 289 g/mol. The third-order valence-electron chi connectivity index (χ3n) is 4.84. The predicted molar refractivity (Wildman–Crippen MR) is 80.8 cm³/mol. The van der Waals surface area contributed by atoms with Crippen molar-refractivity contribution >= 4 is 11.6 Å². The SMILES string of the molecule is CCC(=O)N1N=C2[C@@H]([C@@H](C)N(C)C[C@H]2C)[C@H]1c1ccco1. The minimum Gasteiger partial charge on any atom is -0.467 e. The second kappa shape index (κ2) is 5.30. The van der Waals surface area contributed by atoms with Crippen molar-refractivity contribution in [3.05, 3.63) is 24.2 Å². The van der Waals surface area contributed by atoms with E-state index in [9.17, 15) is 4.79 Å². The molecule has 0 bridgehead atoms. The molecule has 1 aromatic rings. The van der Waals surface area contributed by atoms with Crippen molar-refractivity contribution in [2.75, 3.05) is 13.6 Å². The second-order valence-electron chi connectivity index (χ2n) is 6.18. The highest BCUT2D eigenvalue weighted by atomic mass is 16.3. The zero-order valence-electron chi connectivity index (χ0n) is 13.1. The molecule has 0 saturated carbocycles. The molecule has 4 atom stereocenters. The summed E-state index contributed by atoms with van der Waals surface area (Å²) in [6, 6.07) is 4.06. The van der Waals surface area contributed by atoms with E-state index in [0.717, 1.165) is 18.0 Å². The van der Waals surface area contributed by atoms with Gasteiger partial charge in [0.2, 0.25) is 5.91 Å². The van der Waals surface area contributed by atoms with E-state index >= 15 is 0 Å². The molecular formula is C16H23N3O2. The summed E-state index contributed by atoms with van der Waals surface area (Å²) in [5, 5.41) is 6.36. The third-order valence-corrected chi connectivity index (χ3v) is 4.84. The lowest BCUT2D eigenvalue weighted by Crippen LogP contribution is -2.51. The maximum atomic E-state index is 12.3. The number of amides is 1. The van der Waals surface area contributed by atoms with Crippen LogP contribution >= 0.6 is 0 Å². The molecule has 3 rings (SSSR count). The molecule has 1 amide bonds. The van der Waals surface area contributed by atoms with Crippen LogP contribution in [0.1, 0.15) is 39.0 Å². The van der Waals surface area contributed by atoms with Gasteiger partial charge in [0.25, 0.3) is 0 Å². The van der Waals surface area contributed by atoms with Crippen LogP contribution in [0.3, 0.4) is 0 Å². The van der Waals surface area contributed by atoms with Crippen LogP contribution < -0.4 is 0 Å². The average Bonchev–Trinajstić information content (AvgIpc) is 3.10. The molecule has 1 saturated heterocycles. The Morgan fingerprint density at radius 2 is 2.24 bits per heavy atom. The number of rotatable bonds is 2. The normalized spacial score (nSPS) is 33.0. The first-order valence-corrected chi connectivity index (χ1v) is 7.68. The highest BCUT2D eigenvalue weighted by Crippen LogP contribution is 2.43. The van der Waals surface area contributed by atoms with Gasteiger partial charge in [-0.3, -0.25) is 4.79 Å². The van der Waals surface area contributed by atoms with Gasteiger partial charge in [0.15, 0.2) is 0 Å². The van der Waals surface area contributed by atoms with E-state index in [-0.39, 0.29) is 17.9 Å². The maximum Gasteiger partial charge on any atom is 0.243 e. The van der Waals surface area contributed by atoms with Gasteiger partial charge in [0.05, 0.1) is 6.26 Å². The first-order chi connectivity index (χ1) is 10.0. The average molecular weight is 289 g/mol. The first kappa shape index (κ1) is 14.3. The van der Waals surface area contributed by atoms with Gasteiger partial charge in [-0.1, -0.05) is 13.8 Å². The second-order valence-corrected chi connectivity index (χ2v) is 6.18. The van der Waals surface area contributed by atoms with Crippen LogP contribution in [-0.2, 0) is 4.79 Å². The number of carbonyl (C=O) groups is 1. The zero-order chi connectivity index (χ0) is 15.1. The predicted octanol–water partition coefficient (Wildman–Crippen LogP) is 2.52. The molecule has 1 aromatic heterocycles. The maximum absolute atomic E-state index is 12.3. The highest BCUT2D eigenvalue weighted by Gasteiger charge is 2.49. The van der Waals surface area contributed by atoms with E-state index in [1.165, 1.54) is 0 Å². The van der Waals surface area contributed by atoms with Gasteiger partial charge in [-0.15, -0.1) is 0 Å². The van der Waals surface area contributed by atoms with E-state index in [0.29, 0.717) is 18.4 Å². The van der Waals surface area contributed by atoms with Crippen molar-refractivity contribution in [3.8, 4) is 0 Å². The molecule has 2 aliphatic rings. The van der Waals surface area contributed by atoms with Crippen molar-refractivity contribution in [2.45, 2.75) is 39.3 Å². The highest BCUT2D eigenvalue weighted by molar-refractivity contribution is 5.94. The Morgan fingerprint density at radius 3 is 2.86 bits per heavy atom. The number of likely N-dealkylation sites (tertiary alicyclic amines) is 1. The molecule has 2 aliphatic heterocycles. The number of nitrogens with zero attached hydrogens (tertiary/aromatic N) is 3. The summed E-state index contributed by atoms with van der Waals surface area (Å²) in [7, 11) is 2.14. The quantitative estimate of drug-likeness (QED) is 0.840. The molecule has 0 spiro atoms. The summed E-state index contributed by atoms with van der Waals surface area (Å²) in [6.07, 6.45) is 2.13. The van der Waals surface area contributed by atoms with E-state index < -0.39 is 0 Å². The van der Waals surface area contributed by atoms with E-state index in [2.05, 4.69) is 25.8 Å². The number of furan rings is 1. The van der Waals surface area contributed by atoms with Crippen LogP contribution in [0, 0.1) is 11.8 Å². The number of carbonyl (C=O) groups excluding carboxylic acids is 1. The molecule has 0 aromatic carbocycles. The summed E-state index contributed by atoms with van der Waals surface area (Å²) >= 11 is 0. The van der Waals surface area contributed by atoms with E-state index in [1.54, 1.807) is 11.3 Å².